The Labute approximate surface area is 210 Å². The average molecular weight is 500 g/mol. The summed E-state index contributed by atoms with van der Waals surface area (Å²) in [6.07, 6.45) is 1.28. The van der Waals surface area contributed by atoms with Crippen molar-refractivity contribution >= 4 is 46.9 Å². The van der Waals surface area contributed by atoms with E-state index in [1.54, 1.807) is 30.3 Å². The summed E-state index contributed by atoms with van der Waals surface area (Å²) in [5.74, 6) is -1.78. The fraction of sp³-hybridized carbons (Fsp3) is 0.0769. The lowest BCUT2D eigenvalue weighted by atomic mass is 10.1. The molecule has 1 aliphatic heterocycles. The number of imide groups is 2. The van der Waals surface area contributed by atoms with Crippen LogP contribution in [0.5, 0.6) is 5.75 Å². The van der Waals surface area contributed by atoms with Gasteiger partial charge in [-0.2, -0.15) is 0 Å². The number of aryl methyl sites for hydroxylation is 1. The molecule has 1 fully saturated rings. The minimum absolute atomic E-state index is 0.0530. The lowest BCUT2D eigenvalue weighted by Gasteiger charge is -2.26. The Balaban J connectivity index is 1.45. The standard InChI is InChI=1S/C26H20N4O7/c1-16-4-2-5-18(12-16)27-23(31)15-37-21-10-8-17(9-11-21)13-22-24(32)28-26(34)29(25(22)33)19-6-3-7-20(14-19)30(35)36/h2-14H,15H2,1H3,(H,27,31)(H,28,32,34). The minimum atomic E-state index is -1.01. The molecule has 0 atom stereocenters. The Hall–Kier alpha value is -5.32. The summed E-state index contributed by atoms with van der Waals surface area (Å²) in [4.78, 5) is 60.9. The molecule has 0 spiro atoms. The van der Waals surface area contributed by atoms with Gasteiger partial charge in [0.1, 0.15) is 11.3 Å². The summed E-state index contributed by atoms with van der Waals surface area (Å²) in [7, 11) is 0. The Morgan fingerprint density at radius 3 is 2.49 bits per heavy atom. The number of amides is 5. The molecular formula is C26H20N4O7. The SMILES string of the molecule is Cc1cccc(NC(=O)COc2ccc(C=C3C(=O)NC(=O)N(c4cccc([N+](=O)[O-])c4)C3=O)cc2)c1. The van der Waals surface area contributed by atoms with Gasteiger partial charge in [-0.1, -0.05) is 30.3 Å². The molecular weight excluding hydrogens is 480 g/mol. The van der Waals surface area contributed by atoms with E-state index in [0.717, 1.165) is 11.6 Å². The van der Waals surface area contributed by atoms with Crippen LogP contribution in [0.25, 0.3) is 6.08 Å². The lowest BCUT2D eigenvalue weighted by molar-refractivity contribution is -0.384. The van der Waals surface area contributed by atoms with E-state index < -0.39 is 22.8 Å². The maximum atomic E-state index is 13.0. The summed E-state index contributed by atoms with van der Waals surface area (Å²) < 4.78 is 5.49. The van der Waals surface area contributed by atoms with Crippen molar-refractivity contribution in [1.82, 2.24) is 5.32 Å². The molecule has 4 rings (SSSR count). The third-order valence-electron chi connectivity index (χ3n) is 5.26. The van der Waals surface area contributed by atoms with E-state index in [4.69, 9.17) is 4.74 Å². The average Bonchev–Trinajstić information content (AvgIpc) is 2.86. The number of non-ortho nitro benzene ring substituents is 1. The third-order valence-corrected chi connectivity index (χ3v) is 5.26. The van der Waals surface area contributed by atoms with Crippen LogP contribution >= 0.6 is 0 Å². The van der Waals surface area contributed by atoms with Gasteiger partial charge < -0.3 is 10.1 Å². The number of urea groups is 1. The fourth-order valence-corrected chi connectivity index (χ4v) is 3.53. The van der Waals surface area contributed by atoms with Crippen molar-refractivity contribution in [2.75, 3.05) is 16.8 Å². The van der Waals surface area contributed by atoms with Crippen LogP contribution < -0.4 is 20.3 Å². The topological polar surface area (TPSA) is 148 Å². The first kappa shape index (κ1) is 24.8. The van der Waals surface area contributed by atoms with E-state index in [9.17, 15) is 29.3 Å². The second-order valence-corrected chi connectivity index (χ2v) is 8.01. The van der Waals surface area contributed by atoms with E-state index in [-0.39, 0.29) is 29.5 Å². The highest BCUT2D eigenvalue weighted by Crippen LogP contribution is 2.26. The molecule has 0 bridgehead atoms. The number of nitrogens with zero attached hydrogens (tertiary/aromatic N) is 2. The van der Waals surface area contributed by atoms with Crippen molar-refractivity contribution in [3.63, 3.8) is 0 Å². The molecule has 3 aromatic rings. The van der Waals surface area contributed by atoms with Crippen molar-refractivity contribution in [1.29, 1.82) is 0 Å². The molecule has 1 saturated heterocycles. The predicted octanol–water partition coefficient (Wildman–Crippen LogP) is 3.59. The van der Waals surface area contributed by atoms with Crippen LogP contribution in [0.2, 0.25) is 0 Å². The van der Waals surface area contributed by atoms with E-state index in [1.807, 2.05) is 25.1 Å². The molecule has 0 saturated carbocycles. The summed E-state index contributed by atoms with van der Waals surface area (Å²) in [6, 6.07) is 17.5. The zero-order valence-corrected chi connectivity index (χ0v) is 19.5. The number of benzene rings is 3. The van der Waals surface area contributed by atoms with Crippen molar-refractivity contribution in [3.8, 4) is 5.75 Å². The number of nitro groups is 1. The van der Waals surface area contributed by atoms with Gasteiger partial charge in [0.25, 0.3) is 23.4 Å². The van der Waals surface area contributed by atoms with Crippen LogP contribution in [-0.4, -0.2) is 35.3 Å². The van der Waals surface area contributed by atoms with E-state index >= 15 is 0 Å². The molecule has 0 radical (unpaired) electrons. The molecule has 1 aliphatic rings. The van der Waals surface area contributed by atoms with E-state index in [1.165, 1.54) is 24.3 Å². The van der Waals surface area contributed by atoms with Crippen LogP contribution in [0.1, 0.15) is 11.1 Å². The second kappa shape index (κ2) is 10.5. The Kier molecular flexibility index (Phi) is 7.05. The zero-order valence-electron chi connectivity index (χ0n) is 19.5. The highest BCUT2D eigenvalue weighted by atomic mass is 16.6. The van der Waals surface area contributed by atoms with Crippen LogP contribution in [0, 0.1) is 17.0 Å². The Morgan fingerprint density at radius 2 is 1.78 bits per heavy atom. The smallest absolute Gasteiger partial charge is 0.335 e. The molecule has 0 aromatic heterocycles. The predicted molar refractivity (Wildman–Crippen MR) is 134 cm³/mol. The highest BCUT2D eigenvalue weighted by molar-refractivity contribution is 6.39. The highest BCUT2D eigenvalue weighted by Gasteiger charge is 2.37. The minimum Gasteiger partial charge on any atom is -0.484 e. The number of anilines is 2. The maximum absolute atomic E-state index is 13.0. The summed E-state index contributed by atoms with van der Waals surface area (Å²) in [5, 5.41) is 15.9. The zero-order chi connectivity index (χ0) is 26.5. The molecule has 3 aromatic carbocycles. The molecule has 0 unspecified atom stereocenters. The van der Waals surface area contributed by atoms with Gasteiger partial charge in [-0.05, 0) is 54.5 Å². The first-order valence-corrected chi connectivity index (χ1v) is 11.0. The Morgan fingerprint density at radius 1 is 1.05 bits per heavy atom. The number of nitrogens with one attached hydrogen (secondary N) is 2. The van der Waals surface area contributed by atoms with Gasteiger partial charge in [-0.3, -0.25) is 29.8 Å². The van der Waals surface area contributed by atoms with Crippen LogP contribution in [-0.2, 0) is 14.4 Å². The van der Waals surface area contributed by atoms with Crippen molar-refractivity contribution < 1.29 is 28.8 Å². The quantitative estimate of drug-likeness (QED) is 0.218. The molecule has 5 amide bonds. The van der Waals surface area contributed by atoms with Crippen molar-refractivity contribution in [2.24, 2.45) is 0 Å². The number of barbiturate groups is 1. The molecule has 2 N–H and O–H groups in total. The van der Waals surface area contributed by atoms with E-state index in [2.05, 4.69) is 10.6 Å². The normalized spacial score (nSPS) is 14.4. The number of rotatable bonds is 7. The van der Waals surface area contributed by atoms with Gasteiger partial charge in [-0.15, -0.1) is 0 Å². The molecule has 37 heavy (non-hydrogen) atoms. The number of hydrogen-bond donors (Lipinski definition) is 2. The van der Waals surface area contributed by atoms with Gasteiger partial charge in [-0.25, -0.2) is 9.69 Å². The van der Waals surface area contributed by atoms with Crippen molar-refractivity contribution in [3.05, 3.63) is 99.6 Å². The summed E-state index contributed by atoms with van der Waals surface area (Å²) in [6.45, 7) is 1.69. The maximum Gasteiger partial charge on any atom is 0.335 e. The van der Waals surface area contributed by atoms with E-state index in [0.29, 0.717) is 21.9 Å². The number of carbonyl (C=O) groups is 4. The number of nitro benzene ring substituents is 1. The number of hydrogen-bond acceptors (Lipinski definition) is 7. The molecule has 1 heterocycles. The van der Waals surface area contributed by atoms with Crippen LogP contribution in [0.3, 0.4) is 0 Å². The fourth-order valence-electron chi connectivity index (χ4n) is 3.53. The third kappa shape index (κ3) is 5.85. The summed E-state index contributed by atoms with van der Waals surface area (Å²) >= 11 is 0. The molecule has 0 aliphatic carbocycles. The first-order chi connectivity index (χ1) is 17.7. The number of ether oxygens (including phenoxy) is 1. The monoisotopic (exact) mass is 500 g/mol. The summed E-state index contributed by atoms with van der Waals surface area (Å²) in [5.41, 5.74) is 1.40. The van der Waals surface area contributed by atoms with Crippen LogP contribution in [0.15, 0.2) is 78.4 Å². The van der Waals surface area contributed by atoms with Gasteiger partial charge in [0.15, 0.2) is 6.61 Å². The Bertz CT molecular complexity index is 1450. The molecule has 11 heteroatoms. The largest absolute Gasteiger partial charge is 0.484 e. The molecule has 186 valence electrons. The lowest BCUT2D eigenvalue weighted by Crippen LogP contribution is -2.54. The first-order valence-electron chi connectivity index (χ1n) is 11.0. The van der Waals surface area contributed by atoms with Crippen molar-refractivity contribution in [2.45, 2.75) is 6.92 Å². The second-order valence-electron chi connectivity index (χ2n) is 8.01. The van der Waals surface area contributed by atoms with Gasteiger partial charge in [0, 0.05) is 17.8 Å². The molecule has 11 nitrogen and oxygen atoms in total. The number of carbonyl (C=O) groups excluding carboxylic acids is 4. The van der Waals surface area contributed by atoms with Gasteiger partial charge >= 0.3 is 6.03 Å². The van der Waals surface area contributed by atoms with Crippen LogP contribution in [0.4, 0.5) is 21.9 Å². The van der Waals surface area contributed by atoms with Gasteiger partial charge in [0.05, 0.1) is 10.6 Å². The van der Waals surface area contributed by atoms with Gasteiger partial charge in [0.2, 0.25) is 0 Å².